The van der Waals surface area contributed by atoms with Crippen molar-refractivity contribution in [2.75, 3.05) is 45.9 Å². The Kier molecular flexibility index (Phi) is 12.5. The van der Waals surface area contributed by atoms with Crippen molar-refractivity contribution < 1.29 is 32.7 Å². The molecule has 2 saturated heterocycles. The highest BCUT2D eigenvalue weighted by Crippen LogP contribution is 2.36. The molecule has 6 N–H and O–H groups in total. The lowest BCUT2D eigenvalue weighted by atomic mass is 10.1. The standard InChI is InChI=1S/C25H35F3N6O3.CH3NO/c1-17-12-32(14-22(17)29)13-19-3-4-20(11-21(19)25(26,27)28)31-23(5-6-30-16-36)33-7-9-34(10-8-33)24(37)18(2)15-35;2-1-3/h3-6,11,16-18,22,35H,7-10,12-15,29H2,1-2H3,(H,30,36);1H,(H2,2,3)/b6-5-,31-23?;. The number of amides is 3. The molecule has 222 valence electrons. The maximum Gasteiger partial charge on any atom is 0.416 e. The number of carbonyl (C=O) groups is 3. The molecule has 2 fully saturated rings. The molecule has 14 heteroatoms. The molecule has 0 saturated carbocycles. The first kappa shape index (κ1) is 32.7. The van der Waals surface area contributed by atoms with Crippen LogP contribution in [0.3, 0.4) is 0 Å². The molecule has 0 spiro atoms. The van der Waals surface area contributed by atoms with Gasteiger partial charge in [-0.3, -0.25) is 19.3 Å². The van der Waals surface area contributed by atoms with Gasteiger partial charge in [0, 0.05) is 58.1 Å². The number of nitrogens with zero attached hydrogens (tertiary/aromatic N) is 4. The van der Waals surface area contributed by atoms with E-state index < -0.39 is 17.7 Å². The van der Waals surface area contributed by atoms with E-state index in [1.807, 2.05) is 16.7 Å². The summed E-state index contributed by atoms with van der Waals surface area (Å²) in [6.07, 6.45) is -0.966. The Balaban J connectivity index is 0.00000178. The molecule has 2 aliphatic heterocycles. The number of hydrogen-bond acceptors (Lipinski definition) is 7. The van der Waals surface area contributed by atoms with Crippen LogP contribution in [0.15, 0.2) is 35.5 Å². The number of nitrogens with two attached hydrogens (primary N) is 2. The van der Waals surface area contributed by atoms with Gasteiger partial charge in [-0.2, -0.15) is 13.2 Å². The number of halogens is 3. The van der Waals surface area contributed by atoms with Crippen LogP contribution in [-0.4, -0.2) is 96.3 Å². The molecule has 40 heavy (non-hydrogen) atoms. The van der Waals surface area contributed by atoms with E-state index in [0.29, 0.717) is 51.5 Å². The Labute approximate surface area is 231 Å². The minimum atomic E-state index is -4.56. The predicted molar refractivity (Wildman–Crippen MR) is 144 cm³/mol. The Morgan fingerprint density at radius 1 is 1.20 bits per heavy atom. The maximum absolute atomic E-state index is 14.0. The van der Waals surface area contributed by atoms with E-state index in [1.165, 1.54) is 18.3 Å². The number of carbonyl (C=O) groups excluding carboxylic acids is 3. The van der Waals surface area contributed by atoms with Crippen LogP contribution >= 0.6 is 0 Å². The Morgan fingerprint density at radius 3 is 2.35 bits per heavy atom. The third-order valence-corrected chi connectivity index (χ3v) is 6.79. The smallest absolute Gasteiger partial charge is 0.396 e. The van der Waals surface area contributed by atoms with E-state index in [1.54, 1.807) is 17.9 Å². The van der Waals surface area contributed by atoms with Crippen molar-refractivity contribution in [3.8, 4) is 0 Å². The number of primary amides is 1. The number of aliphatic hydroxyl groups excluding tert-OH is 1. The lowest BCUT2D eigenvalue weighted by Crippen LogP contribution is -2.51. The van der Waals surface area contributed by atoms with Crippen LogP contribution in [0.2, 0.25) is 0 Å². The second kappa shape index (κ2) is 15.3. The summed E-state index contributed by atoms with van der Waals surface area (Å²) in [5.41, 5.74) is 9.75. The highest BCUT2D eigenvalue weighted by Gasteiger charge is 2.35. The molecule has 3 atom stereocenters. The highest BCUT2D eigenvalue weighted by molar-refractivity contribution is 5.95. The Morgan fingerprint density at radius 2 is 1.82 bits per heavy atom. The molecule has 0 aliphatic carbocycles. The lowest BCUT2D eigenvalue weighted by Gasteiger charge is -2.36. The quantitative estimate of drug-likeness (QED) is 0.203. The predicted octanol–water partition coefficient (Wildman–Crippen LogP) is 0.648. The van der Waals surface area contributed by atoms with Gasteiger partial charge < -0.3 is 31.7 Å². The van der Waals surface area contributed by atoms with Crippen molar-refractivity contribution in [1.82, 2.24) is 20.0 Å². The summed E-state index contributed by atoms with van der Waals surface area (Å²) >= 11 is 0. The molecule has 11 nitrogen and oxygen atoms in total. The third-order valence-electron chi connectivity index (χ3n) is 6.79. The minimum absolute atomic E-state index is 0.0601. The summed E-state index contributed by atoms with van der Waals surface area (Å²) in [5, 5.41) is 11.6. The van der Waals surface area contributed by atoms with Crippen molar-refractivity contribution in [3.63, 3.8) is 0 Å². The van der Waals surface area contributed by atoms with Crippen molar-refractivity contribution in [1.29, 1.82) is 0 Å². The zero-order chi connectivity index (χ0) is 29.9. The summed E-state index contributed by atoms with van der Waals surface area (Å²) in [6, 6.07) is 3.98. The van der Waals surface area contributed by atoms with E-state index in [2.05, 4.69) is 16.0 Å². The van der Waals surface area contributed by atoms with Gasteiger partial charge in [-0.05, 0) is 29.7 Å². The van der Waals surface area contributed by atoms with Gasteiger partial charge in [0.1, 0.15) is 5.84 Å². The van der Waals surface area contributed by atoms with Gasteiger partial charge in [0.25, 0.3) is 0 Å². The zero-order valence-corrected chi connectivity index (χ0v) is 22.7. The summed E-state index contributed by atoms with van der Waals surface area (Å²) in [5.74, 6) is -0.0836. The van der Waals surface area contributed by atoms with Gasteiger partial charge in [-0.25, -0.2) is 4.99 Å². The highest BCUT2D eigenvalue weighted by atomic mass is 19.4. The van der Waals surface area contributed by atoms with Crippen LogP contribution in [0, 0.1) is 11.8 Å². The number of aliphatic imine (C=N–C) groups is 1. The number of piperazine rings is 1. The van der Waals surface area contributed by atoms with Gasteiger partial charge in [0.15, 0.2) is 0 Å². The molecular weight excluding hydrogens is 531 g/mol. The van der Waals surface area contributed by atoms with E-state index in [9.17, 15) is 27.9 Å². The van der Waals surface area contributed by atoms with Gasteiger partial charge >= 0.3 is 6.18 Å². The minimum Gasteiger partial charge on any atom is -0.396 e. The number of likely N-dealkylation sites (tertiary alicyclic amines) is 1. The number of aliphatic hydroxyl groups is 1. The zero-order valence-electron chi connectivity index (χ0n) is 22.7. The fourth-order valence-electron chi connectivity index (χ4n) is 4.55. The van der Waals surface area contributed by atoms with Crippen molar-refractivity contribution in [3.05, 3.63) is 41.6 Å². The molecule has 3 rings (SSSR count). The Bertz CT molecular complexity index is 1050. The van der Waals surface area contributed by atoms with Gasteiger partial charge in [-0.15, -0.1) is 0 Å². The lowest BCUT2D eigenvalue weighted by molar-refractivity contribution is -0.138. The third kappa shape index (κ3) is 9.31. The summed E-state index contributed by atoms with van der Waals surface area (Å²) < 4.78 is 42.0. The van der Waals surface area contributed by atoms with E-state index in [-0.39, 0.29) is 48.7 Å². The molecule has 1 aromatic carbocycles. The average Bonchev–Trinajstić information content (AvgIpc) is 3.24. The molecule has 3 amide bonds. The fourth-order valence-corrected chi connectivity index (χ4v) is 4.55. The summed E-state index contributed by atoms with van der Waals surface area (Å²) in [7, 11) is 0. The van der Waals surface area contributed by atoms with Crippen LogP contribution in [0.1, 0.15) is 25.0 Å². The molecule has 3 unspecified atom stereocenters. The van der Waals surface area contributed by atoms with E-state index >= 15 is 0 Å². The van der Waals surface area contributed by atoms with Crippen LogP contribution < -0.4 is 16.8 Å². The number of nitrogens with one attached hydrogen (secondary N) is 1. The van der Waals surface area contributed by atoms with Crippen LogP contribution in [0.25, 0.3) is 0 Å². The second-order valence-electron chi connectivity index (χ2n) is 9.79. The van der Waals surface area contributed by atoms with Gasteiger partial charge in [0.2, 0.25) is 18.7 Å². The van der Waals surface area contributed by atoms with Gasteiger partial charge in [-0.1, -0.05) is 19.9 Å². The van der Waals surface area contributed by atoms with Crippen molar-refractivity contribution in [2.24, 2.45) is 28.3 Å². The second-order valence-corrected chi connectivity index (χ2v) is 9.79. The molecule has 0 radical (unpaired) electrons. The number of alkyl halides is 3. The largest absolute Gasteiger partial charge is 0.416 e. The maximum atomic E-state index is 14.0. The van der Waals surface area contributed by atoms with Crippen LogP contribution in [0.4, 0.5) is 18.9 Å². The fraction of sp³-hybridized carbons (Fsp3) is 0.538. The van der Waals surface area contributed by atoms with Crippen molar-refractivity contribution >= 4 is 30.3 Å². The molecule has 0 aromatic heterocycles. The summed E-state index contributed by atoms with van der Waals surface area (Å²) in [4.78, 5) is 41.5. The first-order valence-electron chi connectivity index (χ1n) is 12.9. The van der Waals surface area contributed by atoms with E-state index in [0.717, 1.165) is 6.07 Å². The van der Waals surface area contributed by atoms with Gasteiger partial charge in [0.05, 0.1) is 23.8 Å². The molecule has 1 aromatic rings. The van der Waals surface area contributed by atoms with E-state index in [4.69, 9.17) is 10.5 Å². The first-order chi connectivity index (χ1) is 18.9. The normalized spacial score (nSPS) is 21.1. The average molecular weight is 570 g/mol. The van der Waals surface area contributed by atoms with Crippen LogP contribution in [-0.2, 0) is 27.1 Å². The Hall–Kier alpha value is -3.49. The molecule has 2 aliphatic rings. The number of benzene rings is 1. The number of rotatable bonds is 8. The SMILES string of the molecule is CC(CO)C(=O)N1CCN(C(/C=C\NC=O)=Nc2ccc(CN3CC(C)C(N)C3)c(C(F)(F)F)c2)CC1.NC=O. The van der Waals surface area contributed by atoms with Crippen molar-refractivity contribution in [2.45, 2.75) is 32.6 Å². The number of amidine groups is 1. The molecular formula is C26H38F3N7O4. The topological polar surface area (TPSA) is 158 Å². The summed E-state index contributed by atoms with van der Waals surface area (Å²) in [6.45, 7) is 6.27. The van der Waals surface area contributed by atoms with Crippen LogP contribution in [0.5, 0.6) is 0 Å². The number of hydrogen-bond donors (Lipinski definition) is 4. The first-order valence-corrected chi connectivity index (χ1v) is 12.9. The molecule has 0 bridgehead atoms. The molecule has 2 heterocycles. The monoisotopic (exact) mass is 569 g/mol.